The maximum atomic E-state index is 5.96. The molecule has 1 fully saturated rings. The number of methoxy groups -OCH3 is 2. The van der Waals surface area contributed by atoms with Crippen LogP contribution in [0.25, 0.3) is 0 Å². The SMILES string of the molecule is CCN1CCC(CNC(N)=NCc2ccc(OC)c(OC)c2)C1.I. The summed E-state index contributed by atoms with van der Waals surface area (Å²) in [4.78, 5) is 6.86. The lowest BCUT2D eigenvalue weighted by Crippen LogP contribution is -2.36. The summed E-state index contributed by atoms with van der Waals surface area (Å²) in [5.74, 6) is 2.57. The Hall–Kier alpha value is -1.22. The number of aliphatic imine (C=N–C) groups is 1. The molecule has 0 bridgehead atoms. The van der Waals surface area contributed by atoms with Crippen LogP contribution >= 0.6 is 24.0 Å². The molecule has 1 aliphatic heterocycles. The molecule has 1 saturated heterocycles. The van der Waals surface area contributed by atoms with Gasteiger partial charge in [0.2, 0.25) is 0 Å². The molecule has 7 heteroatoms. The molecule has 1 aromatic carbocycles. The predicted molar refractivity (Wildman–Crippen MR) is 109 cm³/mol. The third kappa shape index (κ3) is 6.01. The van der Waals surface area contributed by atoms with Crippen molar-refractivity contribution in [1.82, 2.24) is 10.2 Å². The van der Waals surface area contributed by atoms with E-state index in [4.69, 9.17) is 15.2 Å². The average Bonchev–Trinajstić information content (AvgIpc) is 3.05. The van der Waals surface area contributed by atoms with Gasteiger partial charge < -0.3 is 25.4 Å². The Balaban J connectivity index is 0.00000288. The lowest BCUT2D eigenvalue weighted by atomic mass is 10.1. The van der Waals surface area contributed by atoms with Crippen LogP contribution in [0.1, 0.15) is 18.9 Å². The van der Waals surface area contributed by atoms with Crippen LogP contribution in [0.4, 0.5) is 0 Å². The first-order chi connectivity index (χ1) is 11.2. The van der Waals surface area contributed by atoms with Crippen LogP contribution in [0, 0.1) is 5.92 Å². The van der Waals surface area contributed by atoms with E-state index in [-0.39, 0.29) is 24.0 Å². The van der Waals surface area contributed by atoms with Crippen LogP contribution in [0.5, 0.6) is 11.5 Å². The molecule has 1 heterocycles. The highest BCUT2D eigenvalue weighted by molar-refractivity contribution is 14.0. The first-order valence-electron chi connectivity index (χ1n) is 8.13. The number of rotatable bonds is 7. The van der Waals surface area contributed by atoms with Crippen molar-refractivity contribution in [1.29, 1.82) is 0 Å². The van der Waals surface area contributed by atoms with E-state index in [0.29, 0.717) is 29.9 Å². The standard InChI is InChI=1S/C17H28N4O2.HI/c1-4-21-8-7-14(12-21)11-20-17(18)19-10-13-5-6-15(22-2)16(9-13)23-3;/h5-6,9,14H,4,7-8,10-12H2,1-3H3,(H3,18,19,20);1H. The smallest absolute Gasteiger partial charge is 0.188 e. The zero-order chi connectivity index (χ0) is 16.7. The Kier molecular flexibility index (Phi) is 9.20. The van der Waals surface area contributed by atoms with E-state index in [2.05, 4.69) is 22.1 Å². The number of nitrogens with zero attached hydrogens (tertiary/aromatic N) is 2. The molecule has 0 spiro atoms. The minimum Gasteiger partial charge on any atom is -0.493 e. The Morgan fingerprint density at radius 2 is 2.08 bits per heavy atom. The highest BCUT2D eigenvalue weighted by atomic mass is 127. The van der Waals surface area contributed by atoms with Gasteiger partial charge in [0.15, 0.2) is 17.5 Å². The number of guanidine groups is 1. The Morgan fingerprint density at radius 1 is 1.33 bits per heavy atom. The molecule has 0 saturated carbocycles. The first kappa shape index (κ1) is 20.8. The molecule has 24 heavy (non-hydrogen) atoms. The Bertz CT molecular complexity index is 539. The molecule has 3 N–H and O–H groups in total. The molecule has 136 valence electrons. The van der Waals surface area contributed by atoms with Gasteiger partial charge in [-0.2, -0.15) is 0 Å². The molecule has 0 aliphatic carbocycles. The van der Waals surface area contributed by atoms with Crippen LogP contribution < -0.4 is 20.5 Å². The number of nitrogens with two attached hydrogens (primary N) is 1. The van der Waals surface area contributed by atoms with Gasteiger partial charge in [-0.25, -0.2) is 4.99 Å². The summed E-state index contributed by atoms with van der Waals surface area (Å²) in [7, 11) is 3.25. The van der Waals surface area contributed by atoms with Gasteiger partial charge in [0.05, 0.1) is 20.8 Å². The van der Waals surface area contributed by atoms with Crippen molar-refractivity contribution in [3.63, 3.8) is 0 Å². The van der Waals surface area contributed by atoms with Crippen molar-refractivity contribution < 1.29 is 9.47 Å². The third-order valence-corrected chi connectivity index (χ3v) is 4.27. The Labute approximate surface area is 161 Å². The van der Waals surface area contributed by atoms with E-state index in [9.17, 15) is 0 Å². The number of nitrogens with one attached hydrogen (secondary N) is 1. The summed E-state index contributed by atoms with van der Waals surface area (Å²) in [6.45, 7) is 7.06. The topological polar surface area (TPSA) is 72.1 Å². The second-order valence-electron chi connectivity index (χ2n) is 5.82. The predicted octanol–water partition coefficient (Wildman–Crippen LogP) is 2.07. The van der Waals surface area contributed by atoms with Gasteiger partial charge in [0, 0.05) is 13.1 Å². The number of likely N-dealkylation sites (tertiary alicyclic amines) is 1. The van der Waals surface area contributed by atoms with Crippen LogP contribution in [-0.4, -0.2) is 51.3 Å². The summed E-state index contributed by atoms with van der Waals surface area (Å²) < 4.78 is 10.5. The van der Waals surface area contributed by atoms with E-state index in [1.807, 2.05) is 18.2 Å². The van der Waals surface area contributed by atoms with Gasteiger partial charge in [-0.15, -0.1) is 24.0 Å². The van der Waals surface area contributed by atoms with Crippen molar-refractivity contribution in [2.45, 2.75) is 19.9 Å². The van der Waals surface area contributed by atoms with Crippen molar-refractivity contribution in [3.8, 4) is 11.5 Å². The molecule has 1 aliphatic rings. The van der Waals surface area contributed by atoms with Gasteiger partial charge in [-0.3, -0.25) is 0 Å². The van der Waals surface area contributed by atoms with Gasteiger partial charge in [-0.05, 0) is 43.1 Å². The quantitative estimate of drug-likeness (QED) is 0.380. The first-order valence-corrected chi connectivity index (χ1v) is 8.13. The number of hydrogen-bond donors (Lipinski definition) is 2. The summed E-state index contributed by atoms with van der Waals surface area (Å²) in [6.07, 6.45) is 1.23. The van der Waals surface area contributed by atoms with Crippen LogP contribution in [-0.2, 0) is 6.54 Å². The third-order valence-electron chi connectivity index (χ3n) is 4.27. The molecule has 1 unspecified atom stereocenters. The van der Waals surface area contributed by atoms with Crippen LogP contribution in [0.2, 0.25) is 0 Å². The summed E-state index contributed by atoms with van der Waals surface area (Å²) >= 11 is 0. The number of hydrogen-bond acceptors (Lipinski definition) is 4. The fourth-order valence-electron chi connectivity index (χ4n) is 2.83. The van der Waals surface area contributed by atoms with Gasteiger partial charge in [-0.1, -0.05) is 13.0 Å². The van der Waals surface area contributed by atoms with Crippen LogP contribution in [0.15, 0.2) is 23.2 Å². The van der Waals surface area contributed by atoms with Gasteiger partial charge in [0.1, 0.15) is 0 Å². The lowest BCUT2D eigenvalue weighted by molar-refractivity contribution is 0.342. The number of benzene rings is 1. The summed E-state index contributed by atoms with van der Waals surface area (Å²) in [5, 5.41) is 3.24. The summed E-state index contributed by atoms with van der Waals surface area (Å²) in [5.41, 5.74) is 7.00. The van der Waals surface area contributed by atoms with Gasteiger partial charge >= 0.3 is 0 Å². The van der Waals surface area contributed by atoms with Crippen molar-refractivity contribution >= 4 is 29.9 Å². The second kappa shape index (κ2) is 10.6. The molecule has 0 aromatic heterocycles. The fraction of sp³-hybridized carbons (Fsp3) is 0.588. The normalized spacial score (nSPS) is 18.1. The molecule has 1 aromatic rings. The van der Waals surface area contributed by atoms with Crippen LogP contribution in [0.3, 0.4) is 0 Å². The van der Waals surface area contributed by atoms with Gasteiger partial charge in [0.25, 0.3) is 0 Å². The van der Waals surface area contributed by atoms with Crippen molar-refractivity contribution in [3.05, 3.63) is 23.8 Å². The van der Waals surface area contributed by atoms with E-state index in [1.165, 1.54) is 13.0 Å². The molecule has 2 rings (SSSR count). The summed E-state index contributed by atoms with van der Waals surface area (Å²) in [6, 6.07) is 5.77. The molecular weight excluding hydrogens is 419 g/mol. The largest absolute Gasteiger partial charge is 0.493 e. The molecule has 1 atom stereocenters. The highest BCUT2D eigenvalue weighted by Crippen LogP contribution is 2.27. The monoisotopic (exact) mass is 448 g/mol. The maximum Gasteiger partial charge on any atom is 0.188 e. The Morgan fingerprint density at radius 3 is 2.71 bits per heavy atom. The van der Waals surface area contributed by atoms with E-state index in [0.717, 1.165) is 25.2 Å². The molecular formula is C17H29IN4O2. The molecule has 0 amide bonds. The highest BCUT2D eigenvalue weighted by Gasteiger charge is 2.20. The molecule has 6 nitrogen and oxygen atoms in total. The number of ether oxygens (including phenoxy) is 2. The maximum absolute atomic E-state index is 5.96. The minimum absolute atomic E-state index is 0. The molecule has 0 radical (unpaired) electrons. The van der Waals surface area contributed by atoms with Crippen molar-refractivity contribution in [2.75, 3.05) is 40.4 Å². The number of halogens is 1. The zero-order valence-corrected chi connectivity index (χ0v) is 17.1. The van der Waals surface area contributed by atoms with E-state index >= 15 is 0 Å². The van der Waals surface area contributed by atoms with E-state index < -0.39 is 0 Å². The minimum atomic E-state index is 0. The second-order valence-corrected chi connectivity index (χ2v) is 5.82. The lowest BCUT2D eigenvalue weighted by Gasteiger charge is -2.14. The average molecular weight is 448 g/mol. The fourth-order valence-corrected chi connectivity index (χ4v) is 2.83. The van der Waals surface area contributed by atoms with Crippen molar-refractivity contribution in [2.24, 2.45) is 16.6 Å². The zero-order valence-electron chi connectivity index (χ0n) is 14.7. The van der Waals surface area contributed by atoms with E-state index in [1.54, 1.807) is 14.2 Å².